The van der Waals surface area contributed by atoms with Crippen molar-refractivity contribution in [2.75, 3.05) is 47.8 Å². The number of aromatic nitrogens is 6. The van der Waals surface area contributed by atoms with E-state index in [-0.39, 0.29) is 82.9 Å². The molecule has 0 bridgehead atoms. The number of benzene rings is 7. The Hall–Kier alpha value is -10.8. The van der Waals surface area contributed by atoms with E-state index in [4.69, 9.17) is 14.9 Å². The Labute approximate surface area is 651 Å². The Morgan fingerprint density at radius 1 is 0.400 bits per heavy atom. The quantitative estimate of drug-likeness (QED) is 0.150. The molecule has 0 fully saturated rings. The van der Waals surface area contributed by atoms with E-state index in [0.29, 0.717) is 0 Å². The summed E-state index contributed by atoms with van der Waals surface area (Å²) in [6.45, 7) is 12.0. The van der Waals surface area contributed by atoms with Crippen LogP contribution in [-0.2, 0) is 65.7 Å². The number of aryl methyl sites for hydroxylation is 1. The number of halogens is 2. The molecule has 3 aliphatic rings. The van der Waals surface area contributed by atoms with Gasteiger partial charge in [0.25, 0.3) is 0 Å². The van der Waals surface area contributed by atoms with Gasteiger partial charge in [-0.3, -0.25) is 4.39 Å². The first-order chi connectivity index (χ1) is 49.2. The fourth-order valence-corrected chi connectivity index (χ4v) is 11.9. The summed E-state index contributed by atoms with van der Waals surface area (Å²) in [4.78, 5) is 54.5. The number of fused-ring (bicyclic) bond motifs is 6. The SMILES string of the molecule is CC1(C)c2ccccc2Oc2c[c-]c(-c3ccccn3)cc21.CN1c2c[c-]c(-c3ccccn3)cc2N(C)c2ccccc21.CN1c2c[c-]c(-c3ccccn3)cc2N(C)c2ccccc21.Cc1nc(C(=O)O)c(C)c(C)c1C.Fc1c[c-]c(-c2ccccn2)cc1.O=C(O)c1ccc(F)cn1.[Ir].[Ir].[Ir]. The normalized spacial score (nSPS) is 11.8. The number of para-hydroxylation sites is 5. The van der Waals surface area contributed by atoms with Crippen LogP contribution in [0.3, 0.4) is 0 Å². The van der Waals surface area contributed by atoms with Gasteiger partial charge in [0.15, 0.2) is 5.69 Å². The molecule has 7 aromatic carbocycles. The predicted octanol–water partition coefficient (Wildman–Crippen LogP) is 19.4. The summed E-state index contributed by atoms with van der Waals surface area (Å²) >= 11 is 0. The van der Waals surface area contributed by atoms with E-state index in [0.717, 1.165) is 109 Å². The summed E-state index contributed by atoms with van der Waals surface area (Å²) in [6.07, 6.45) is 8.00. The van der Waals surface area contributed by atoms with Gasteiger partial charge in [0.05, 0.1) is 28.9 Å². The predicted molar refractivity (Wildman–Crippen MR) is 399 cm³/mol. The van der Waals surface area contributed by atoms with Crippen molar-refractivity contribution in [1.82, 2.24) is 29.9 Å². The molecule has 0 saturated heterocycles. The molecule has 2 N–H and O–H groups in total. The van der Waals surface area contributed by atoms with E-state index in [1.165, 1.54) is 57.4 Å². The Bertz CT molecular complexity index is 4970. The number of anilines is 8. The number of nitrogens with zero attached hydrogens (tertiary/aromatic N) is 10. The van der Waals surface area contributed by atoms with Crippen molar-refractivity contribution in [3.05, 3.63) is 324 Å². The van der Waals surface area contributed by atoms with E-state index in [2.05, 4.69) is 195 Å². The minimum absolute atomic E-state index is 0. The fraction of sp³-hybridized carbons (Fsp3) is 0.129. The van der Waals surface area contributed by atoms with E-state index in [1.54, 1.807) is 25.4 Å². The second-order valence-corrected chi connectivity index (χ2v) is 24.5. The van der Waals surface area contributed by atoms with E-state index in [9.17, 15) is 18.4 Å². The molecule has 6 aromatic heterocycles. The molecule has 0 spiro atoms. The number of carboxylic acids is 2. The van der Waals surface area contributed by atoms with Crippen LogP contribution in [0, 0.1) is 63.6 Å². The summed E-state index contributed by atoms with van der Waals surface area (Å²) in [5, 5.41) is 17.1. The van der Waals surface area contributed by atoms with Crippen molar-refractivity contribution >= 4 is 57.4 Å². The third kappa shape index (κ3) is 18.4. The summed E-state index contributed by atoms with van der Waals surface area (Å²) < 4.78 is 30.7. The van der Waals surface area contributed by atoms with Gasteiger partial charge in [-0.25, -0.2) is 23.9 Å². The fourth-order valence-electron chi connectivity index (χ4n) is 11.9. The van der Waals surface area contributed by atoms with Crippen LogP contribution in [0.5, 0.6) is 11.5 Å². The molecule has 13 aromatic rings. The Balaban J connectivity index is 0.000000162. The van der Waals surface area contributed by atoms with Crippen molar-refractivity contribution in [3.8, 4) is 56.5 Å². The third-order valence-electron chi connectivity index (χ3n) is 17.8. The van der Waals surface area contributed by atoms with Gasteiger partial charge in [-0.05, 0) is 157 Å². The zero-order chi connectivity index (χ0) is 72.2. The minimum Gasteiger partial charge on any atom is -0.501 e. The van der Waals surface area contributed by atoms with Crippen molar-refractivity contribution in [1.29, 1.82) is 0 Å². The molecular formula is C85H72F2Ir3N10O5-4. The summed E-state index contributed by atoms with van der Waals surface area (Å²) in [5.74, 6) is -1.12. The number of rotatable bonds is 6. The first-order valence-electron chi connectivity index (χ1n) is 32.6. The molecule has 0 unspecified atom stereocenters. The van der Waals surface area contributed by atoms with E-state index >= 15 is 0 Å². The topological polar surface area (TPSA) is 174 Å². The van der Waals surface area contributed by atoms with E-state index < -0.39 is 17.8 Å². The smallest absolute Gasteiger partial charge is 0.354 e. The molecule has 3 radical (unpaired) electrons. The van der Waals surface area contributed by atoms with Crippen molar-refractivity contribution < 1.29 is 93.6 Å². The van der Waals surface area contributed by atoms with Gasteiger partial charge in [-0.1, -0.05) is 110 Å². The van der Waals surface area contributed by atoms with Gasteiger partial charge < -0.3 is 54.5 Å². The molecule has 537 valence electrons. The number of aromatic carboxylic acids is 2. The van der Waals surface area contributed by atoms with Gasteiger partial charge in [0.1, 0.15) is 17.3 Å². The van der Waals surface area contributed by atoms with Gasteiger partial charge in [0.2, 0.25) is 0 Å². The van der Waals surface area contributed by atoms with Crippen LogP contribution in [-0.4, -0.2) is 80.2 Å². The molecule has 0 atom stereocenters. The zero-order valence-corrected chi connectivity index (χ0v) is 66.1. The Kier molecular flexibility index (Phi) is 27.4. The number of carboxylic acid groups (broad SMARTS) is 2. The van der Waals surface area contributed by atoms with Crippen LogP contribution < -0.4 is 24.3 Å². The molecule has 0 amide bonds. The first kappa shape index (κ1) is 79.9. The maximum absolute atomic E-state index is 12.6. The number of carbonyl (C=O) groups is 2. The molecule has 105 heavy (non-hydrogen) atoms. The second kappa shape index (κ2) is 36.1. The molecule has 3 aliphatic heterocycles. The molecule has 0 aliphatic carbocycles. The average Bonchev–Trinajstić information content (AvgIpc) is 0.762. The first-order valence-corrected chi connectivity index (χ1v) is 32.6. The molecule has 9 heterocycles. The Morgan fingerprint density at radius 3 is 1.23 bits per heavy atom. The van der Waals surface area contributed by atoms with Crippen LogP contribution >= 0.6 is 0 Å². The van der Waals surface area contributed by atoms with Gasteiger partial charge >= 0.3 is 11.9 Å². The van der Waals surface area contributed by atoms with Crippen LogP contribution in [0.4, 0.5) is 54.3 Å². The van der Waals surface area contributed by atoms with Crippen molar-refractivity contribution in [2.45, 2.75) is 47.0 Å². The van der Waals surface area contributed by atoms with Gasteiger partial charge in [-0.2, -0.15) is 0 Å². The zero-order valence-electron chi connectivity index (χ0n) is 58.9. The standard InChI is InChI=1S/C20H16NO.2C19H16N3.C11H7FN.C10H13NO2.C6H4FNO2.3Ir/c1-20(2)15-7-3-4-9-18(15)22-19-11-10-14(13-16(19)20)17-8-5-6-12-21-17;2*1-21-16-8-3-4-9-17(16)22(2)19-13-14(10-11-18(19)21)15-7-5-6-12-20-15;12-10-6-4-9(5-7-10)11-3-1-2-8-13-11;1-5-6(2)8(4)11-9(7(5)3)10(12)13;7-4-1-2-5(6(9)10)8-3-4;;;/h3*3-9,11-13H,1-2H3;1-4,6-8H;1-4H3,(H,12,13);1-3H,(H,9,10);;;/q4*-1;;;;;. The van der Waals surface area contributed by atoms with Gasteiger partial charge in [-0.15, -0.1) is 101 Å². The molecular weight excluding hydrogens is 1860 g/mol. The van der Waals surface area contributed by atoms with E-state index in [1.807, 2.05) is 136 Å². The number of hydrogen-bond acceptors (Lipinski definition) is 13. The molecule has 15 nitrogen and oxygen atoms in total. The maximum atomic E-state index is 12.6. The van der Waals surface area contributed by atoms with Crippen molar-refractivity contribution in [3.63, 3.8) is 0 Å². The summed E-state index contributed by atoms with van der Waals surface area (Å²) in [6, 6.07) is 80.3. The molecule has 0 saturated carbocycles. The van der Waals surface area contributed by atoms with Gasteiger partial charge in [0, 0.05) is 142 Å². The van der Waals surface area contributed by atoms with Crippen molar-refractivity contribution in [2.24, 2.45) is 0 Å². The number of pyridine rings is 6. The van der Waals surface area contributed by atoms with Crippen LogP contribution in [0.1, 0.15) is 68.3 Å². The van der Waals surface area contributed by atoms with Crippen LogP contribution in [0.25, 0.3) is 45.0 Å². The number of hydrogen-bond donors (Lipinski definition) is 2. The largest absolute Gasteiger partial charge is 0.501 e. The van der Waals surface area contributed by atoms with Crippen LogP contribution in [0.15, 0.2) is 243 Å². The third-order valence-corrected chi connectivity index (χ3v) is 17.8. The number of ether oxygens (including phenoxy) is 1. The monoisotopic (exact) mass is 1930 g/mol. The Morgan fingerprint density at radius 2 is 0.810 bits per heavy atom. The maximum Gasteiger partial charge on any atom is 0.354 e. The summed E-state index contributed by atoms with van der Waals surface area (Å²) in [7, 11) is 8.40. The summed E-state index contributed by atoms with van der Waals surface area (Å²) in [5.41, 5.74) is 22.8. The second-order valence-electron chi connectivity index (χ2n) is 24.5. The molecule has 16 rings (SSSR count). The van der Waals surface area contributed by atoms with Crippen LogP contribution in [0.2, 0.25) is 0 Å². The average molecular weight is 1930 g/mol. The molecule has 20 heteroatoms. The minimum atomic E-state index is -1.15.